The van der Waals surface area contributed by atoms with E-state index in [4.69, 9.17) is 9.47 Å². The summed E-state index contributed by atoms with van der Waals surface area (Å²) in [5, 5.41) is 13.2. The van der Waals surface area contributed by atoms with Crippen LogP contribution in [0.3, 0.4) is 0 Å². The van der Waals surface area contributed by atoms with Crippen LogP contribution >= 0.6 is 0 Å². The Morgan fingerprint density at radius 1 is 1.02 bits per heavy atom. The van der Waals surface area contributed by atoms with E-state index in [1.165, 1.54) is 6.42 Å². The van der Waals surface area contributed by atoms with Crippen LogP contribution in [0.4, 0.5) is 5.69 Å². The molecular weight excluding hydrogens is 582 g/mol. The van der Waals surface area contributed by atoms with E-state index < -0.39 is 6.04 Å². The summed E-state index contributed by atoms with van der Waals surface area (Å²) in [6.45, 7) is 6.94. The fraction of sp³-hybridized carbons (Fsp3) is 0.595. The quantitative estimate of drug-likeness (QED) is 0.385. The molecular formula is C37H53N3O6. The molecule has 0 bridgehead atoms. The molecule has 46 heavy (non-hydrogen) atoms. The average molecular weight is 636 g/mol. The van der Waals surface area contributed by atoms with Crippen molar-refractivity contribution in [3.8, 4) is 5.75 Å². The third-order valence-electron chi connectivity index (χ3n) is 9.33. The molecule has 4 rings (SSSR count). The van der Waals surface area contributed by atoms with Gasteiger partial charge in [0.15, 0.2) is 0 Å². The second kappa shape index (κ2) is 17.5. The topological polar surface area (TPSA) is 108 Å². The minimum absolute atomic E-state index is 0.0698. The lowest BCUT2D eigenvalue weighted by Gasteiger charge is -2.36. The maximum Gasteiger partial charge on any atom is 0.258 e. The normalized spacial score (nSPS) is 22.6. The standard InChI is InChI=1S/C37H53N3O6/c1-26-23-40(27(2)25-41)37(44)32-22-31(38-35(42)21-29-14-7-5-8-15-29)18-19-33(32)46-28(3)13-11-12-20-45-34(26)24-39(4)36(43)30-16-9-6-10-17-30/h5,7-8,14-15,18-19,22,26-28,30,34,41H,6,9-13,16-17,20-21,23-25H2,1-4H3,(H,38,42)/t26-,27-,28+,34+/m0/s1. The summed E-state index contributed by atoms with van der Waals surface area (Å²) in [6.07, 6.45) is 7.58. The second-order valence-corrected chi connectivity index (χ2v) is 13.3. The van der Waals surface area contributed by atoms with Crippen LogP contribution in [0.2, 0.25) is 0 Å². The van der Waals surface area contributed by atoms with Gasteiger partial charge in [-0.1, -0.05) is 56.5 Å². The van der Waals surface area contributed by atoms with Gasteiger partial charge in [-0.3, -0.25) is 14.4 Å². The molecule has 2 aromatic rings. The highest BCUT2D eigenvalue weighted by Crippen LogP contribution is 2.29. The van der Waals surface area contributed by atoms with Crippen LogP contribution in [0.1, 0.15) is 88.1 Å². The maximum absolute atomic E-state index is 14.3. The molecule has 0 saturated heterocycles. The third kappa shape index (κ3) is 10.0. The molecule has 252 valence electrons. The number of nitrogens with one attached hydrogen (secondary N) is 1. The molecule has 1 aliphatic carbocycles. The molecule has 2 N–H and O–H groups in total. The van der Waals surface area contributed by atoms with Crippen molar-refractivity contribution in [1.29, 1.82) is 0 Å². The highest BCUT2D eigenvalue weighted by molar-refractivity contribution is 6.00. The van der Waals surface area contributed by atoms with Gasteiger partial charge in [-0.05, 0) is 69.7 Å². The van der Waals surface area contributed by atoms with Crippen LogP contribution in [0.25, 0.3) is 0 Å². The minimum atomic E-state index is -0.480. The Balaban J connectivity index is 1.58. The Bertz CT molecular complexity index is 1280. The fourth-order valence-electron chi connectivity index (χ4n) is 6.47. The zero-order valence-corrected chi connectivity index (χ0v) is 28.1. The molecule has 3 amide bonds. The number of anilines is 1. The molecule has 0 unspecified atom stereocenters. The van der Waals surface area contributed by atoms with E-state index >= 15 is 0 Å². The number of aliphatic hydroxyl groups excluding tert-OH is 1. The number of nitrogens with zero attached hydrogens (tertiary/aromatic N) is 2. The van der Waals surface area contributed by atoms with E-state index in [1.807, 2.05) is 63.1 Å². The van der Waals surface area contributed by atoms with Gasteiger partial charge in [-0.15, -0.1) is 0 Å². The van der Waals surface area contributed by atoms with Crippen LogP contribution in [0, 0.1) is 11.8 Å². The highest BCUT2D eigenvalue weighted by atomic mass is 16.5. The molecule has 0 radical (unpaired) electrons. The van der Waals surface area contributed by atoms with Crippen LogP contribution in [0.5, 0.6) is 5.75 Å². The van der Waals surface area contributed by atoms with Crippen molar-refractivity contribution in [3.05, 3.63) is 59.7 Å². The Hall–Kier alpha value is -3.43. The number of likely N-dealkylation sites (N-methyl/N-ethyl adjacent to an activating group) is 1. The second-order valence-electron chi connectivity index (χ2n) is 13.3. The van der Waals surface area contributed by atoms with E-state index in [2.05, 4.69) is 5.32 Å². The summed E-state index contributed by atoms with van der Waals surface area (Å²) < 4.78 is 12.7. The van der Waals surface area contributed by atoms with Crippen molar-refractivity contribution in [2.75, 3.05) is 38.7 Å². The lowest BCUT2D eigenvalue weighted by Crippen LogP contribution is -2.48. The van der Waals surface area contributed by atoms with E-state index in [1.54, 1.807) is 23.1 Å². The molecule has 1 aliphatic heterocycles. The SMILES string of the molecule is C[C@@H]1CCCCO[C@H](CN(C)C(=O)C2CCCCC2)[C@@H](C)CN([C@@H](C)CO)C(=O)c2cc(NC(=O)Cc3ccccc3)ccc2O1. The number of benzene rings is 2. The Morgan fingerprint density at radius 2 is 1.74 bits per heavy atom. The Labute approximate surface area is 274 Å². The van der Waals surface area contributed by atoms with Crippen molar-refractivity contribution < 1.29 is 29.0 Å². The predicted octanol–water partition coefficient (Wildman–Crippen LogP) is 5.70. The molecule has 9 heteroatoms. The van der Waals surface area contributed by atoms with Gasteiger partial charge in [0.05, 0.1) is 36.8 Å². The third-order valence-corrected chi connectivity index (χ3v) is 9.33. The molecule has 0 aromatic heterocycles. The number of fused-ring (bicyclic) bond motifs is 1. The molecule has 1 heterocycles. The number of amides is 3. The summed E-state index contributed by atoms with van der Waals surface area (Å²) in [5.74, 6) is 0.0874. The molecule has 0 spiro atoms. The Morgan fingerprint density at radius 3 is 2.46 bits per heavy atom. The van der Waals surface area contributed by atoms with Gasteiger partial charge < -0.3 is 29.7 Å². The molecule has 2 aliphatic rings. The highest BCUT2D eigenvalue weighted by Gasteiger charge is 2.32. The zero-order valence-electron chi connectivity index (χ0n) is 28.1. The van der Waals surface area contributed by atoms with Crippen molar-refractivity contribution in [2.45, 2.75) is 96.8 Å². The van der Waals surface area contributed by atoms with Crippen LogP contribution in [-0.2, 0) is 20.7 Å². The first-order valence-electron chi connectivity index (χ1n) is 17.1. The van der Waals surface area contributed by atoms with E-state index in [-0.39, 0.29) is 54.8 Å². The number of rotatable bonds is 8. The minimum Gasteiger partial charge on any atom is -0.490 e. The first kappa shape index (κ1) is 35.4. The van der Waals surface area contributed by atoms with Crippen molar-refractivity contribution in [1.82, 2.24) is 9.80 Å². The van der Waals surface area contributed by atoms with Crippen LogP contribution in [-0.4, -0.2) is 84.2 Å². The summed E-state index contributed by atoms with van der Waals surface area (Å²) in [5.41, 5.74) is 1.72. The summed E-state index contributed by atoms with van der Waals surface area (Å²) in [7, 11) is 1.86. The average Bonchev–Trinajstić information content (AvgIpc) is 3.06. The number of aliphatic hydroxyl groups is 1. The van der Waals surface area contributed by atoms with Crippen LogP contribution in [0.15, 0.2) is 48.5 Å². The fourth-order valence-corrected chi connectivity index (χ4v) is 6.47. The molecule has 1 saturated carbocycles. The van der Waals surface area contributed by atoms with Crippen LogP contribution < -0.4 is 10.1 Å². The summed E-state index contributed by atoms with van der Waals surface area (Å²) >= 11 is 0. The number of hydrogen-bond acceptors (Lipinski definition) is 6. The summed E-state index contributed by atoms with van der Waals surface area (Å²) in [4.78, 5) is 44.0. The lowest BCUT2D eigenvalue weighted by molar-refractivity contribution is -0.138. The van der Waals surface area contributed by atoms with E-state index in [0.717, 1.165) is 50.5 Å². The van der Waals surface area contributed by atoms with Gasteiger partial charge in [0.25, 0.3) is 5.91 Å². The van der Waals surface area contributed by atoms with Crippen molar-refractivity contribution in [2.24, 2.45) is 11.8 Å². The number of hydrogen-bond donors (Lipinski definition) is 2. The molecule has 1 fully saturated rings. The van der Waals surface area contributed by atoms with Crippen molar-refractivity contribution >= 4 is 23.4 Å². The predicted molar refractivity (Wildman–Crippen MR) is 180 cm³/mol. The molecule has 4 atom stereocenters. The van der Waals surface area contributed by atoms with Gasteiger partial charge in [0.1, 0.15) is 5.75 Å². The van der Waals surface area contributed by atoms with Gasteiger partial charge in [0.2, 0.25) is 11.8 Å². The first-order chi connectivity index (χ1) is 22.2. The van der Waals surface area contributed by atoms with E-state index in [9.17, 15) is 19.5 Å². The summed E-state index contributed by atoms with van der Waals surface area (Å²) in [6, 6.07) is 14.2. The zero-order chi connectivity index (χ0) is 33.1. The first-order valence-corrected chi connectivity index (χ1v) is 17.1. The number of carbonyl (C=O) groups excluding carboxylic acids is 3. The van der Waals surface area contributed by atoms with Gasteiger partial charge in [-0.2, -0.15) is 0 Å². The number of carbonyl (C=O) groups is 3. The molecule has 9 nitrogen and oxygen atoms in total. The van der Waals surface area contributed by atoms with Crippen molar-refractivity contribution in [3.63, 3.8) is 0 Å². The smallest absolute Gasteiger partial charge is 0.258 e. The lowest BCUT2D eigenvalue weighted by atomic mass is 9.88. The van der Waals surface area contributed by atoms with Gasteiger partial charge >= 0.3 is 0 Å². The van der Waals surface area contributed by atoms with E-state index in [0.29, 0.717) is 36.7 Å². The van der Waals surface area contributed by atoms with Gasteiger partial charge in [-0.25, -0.2) is 0 Å². The number of ether oxygens (including phenoxy) is 2. The molecule has 2 aromatic carbocycles. The monoisotopic (exact) mass is 635 g/mol. The largest absolute Gasteiger partial charge is 0.490 e. The van der Waals surface area contributed by atoms with Gasteiger partial charge in [0, 0.05) is 44.3 Å². The Kier molecular flexibility index (Phi) is 13.5. The maximum atomic E-state index is 14.3.